The molecule has 0 unspecified atom stereocenters. The number of nitrogens with zero attached hydrogens (tertiary/aromatic N) is 1. The predicted molar refractivity (Wildman–Crippen MR) is 79.0 cm³/mol. The number of hydrogen-bond acceptors (Lipinski definition) is 4. The molecule has 2 rings (SSSR count). The molecular weight excluding hydrogens is 297 g/mol. The summed E-state index contributed by atoms with van der Waals surface area (Å²) in [7, 11) is 2.18. The second-order valence-electron chi connectivity index (χ2n) is 5.86. The van der Waals surface area contributed by atoms with Gasteiger partial charge >= 0.3 is 6.18 Å². The van der Waals surface area contributed by atoms with Gasteiger partial charge in [-0.2, -0.15) is 13.2 Å². The van der Waals surface area contributed by atoms with Gasteiger partial charge in [-0.25, -0.2) is 0 Å². The number of likely N-dealkylation sites (N-methyl/N-ethyl adjacent to an activating group) is 1. The minimum atomic E-state index is -4.52. The average Bonchev–Trinajstić information content (AvgIpc) is 2.42. The summed E-state index contributed by atoms with van der Waals surface area (Å²) < 4.78 is 36.6. The van der Waals surface area contributed by atoms with Gasteiger partial charge in [0.2, 0.25) is 0 Å². The Morgan fingerprint density at radius 3 is 2.41 bits per heavy atom. The monoisotopic (exact) mass is 320 g/mol. The number of carbonyl (C=O) groups is 1. The van der Waals surface area contributed by atoms with E-state index in [1.165, 1.54) is 6.54 Å². The van der Waals surface area contributed by atoms with Crippen LogP contribution in [0.25, 0.3) is 0 Å². The van der Waals surface area contributed by atoms with Crippen LogP contribution in [0.15, 0.2) is 23.4 Å². The van der Waals surface area contributed by atoms with Crippen LogP contribution < -0.4 is 16.4 Å². The van der Waals surface area contributed by atoms with Crippen molar-refractivity contribution in [3.8, 4) is 0 Å². The van der Waals surface area contributed by atoms with E-state index in [4.69, 9.17) is 5.73 Å². The van der Waals surface area contributed by atoms with Gasteiger partial charge in [-0.05, 0) is 20.9 Å². The third-order valence-electron chi connectivity index (χ3n) is 3.75. The Bertz CT molecular complexity index is 469. The molecule has 0 aliphatic carbocycles. The van der Waals surface area contributed by atoms with Crippen molar-refractivity contribution in [1.29, 1.82) is 0 Å². The van der Waals surface area contributed by atoms with E-state index in [1.54, 1.807) is 0 Å². The lowest BCUT2D eigenvalue weighted by Crippen LogP contribution is -2.55. The molecule has 0 atom stereocenters. The number of nitrogens with two attached hydrogens (primary N) is 1. The first-order valence-corrected chi connectivity index (χ1v) is 6.99. The van der Waals surface area contributed by atoms with Crippen molar-refractivity contribution in [2.45, 2.75) is 25.6 Å². The van der Waals surface area contributed by atoms with Crippen LogP contribution in [0.3, 0.4) is 0 Å². The summed E-state index contributed by atoms with van der Waals surface area (Å²) in [5.41, 5.74) is 3.62. The van der Waals surface area contributed by atoms with E-state index in [-0.39, 0.29) is 6.54 Å². The molecule has 1 saturated heterocycles. The third-order valence-corrected chi connectivity index (χ3v) is 3.75. The second-order valence-corrected chi connectivity index (χ2v) is 5.86. The highest BCUT2D eigenvalue weighted by atomic mass is 19.4. The molecular formula is C14H23F3N4O. The molecule has 0 radical (unpaired) electrons. The Labute approximate surface area is 128 Å². The largest absolute Gasteiger partial charge is 0.416 e. The molecule has 0 bridgehead atoms. The number of primary amides is 1. The maximum atomic E-state index is 12.2. The van der Waals surface area contributed by atoms with E-state index in [0.29, 0.717) is 5.54 Å². The summed E-state index contributed by atoms with van der Waals surface area (Å²) in [4.78, 5) is 13.0. The number of carbonyl (C=O) groups excluding carboxylic acids is 1. The van der Waals surface area contributed by atoms with Crippen LogP contribution in [-0.2, 0) is 4.79 Å². The molecule has 2 aliphatic heterocycles. The third kappa shape index (κ3) is 5.03. The van der Waals surface area contributed by atoms with Gasteiger partial charge in [0.25, 0.3) is 5.91 Å². The van der Waals surface area contributed by atoms with Crippen LogP contribution in [-0.4, -0.2) is 55.7 Å². The number of amides is 1. The lowest BCUT2D eigenvalue weighted by molar-refractivity contribution is -0.117. The fourth-order valence-electron chi connectivity index (χ4n) is 2.06. The van der Waals surface area contributed by atoms with E-state index in [1.807, 2.05) is 0 Å². The number of dihydropyridines is 1. The van der Waals surface area contributed by atoms with Gasteiger partial charge in [0.05, 0.1) is 11.1 Å². The normalized spacial score (nSPS) is 21.7. The molecule has 0 saturated carbocycles. The van der Waals surface area contributed by atoms with Gasteiger partial charge in [0.1, 0.15) is 0 Å². The summed E-state index contributed by atoms with van der Waals surface area (Å²) in [5, 5.41) is 5.84. The Morgan fingerprint density at radius 1 is 1.41 bits per heavy atom. The number of halogens is 3. The summed E-state index contributed by atoms with van der Waals surface area (Å²) in [6.07, 6.45) is -2.66. The summed E-state index contributed by atoms with van der Waals surface area (Å²) in [6, 6.07) is 0. The summed E-state index contributed by atoms with van der Waals surface area (Å²) >= 11 is 0. The molecule has 4 N–H and O–H groups in total. The van der Waals surface area contributed by atoms with Crippen molar-refractivity contribution < 1.29 is 18.0 Å². The number of hydrogen-bond donors (Lipinski definition) is 3. The van der Waals surface area contributed by atoms with Crippen molar-refractivity contribution in [1.82, 2.24) is 15.5 Å². The fourth-order valence-corrected chi connectivity index (χ4v) is 2.06. The molecule has 0 aromatic carbocycles. The summed E-state index contributed by atoms with van der Waals surface area (Å²) in [6.45, 7) is 8.00. The molecule has 5 nitrogen and oxygen atoms in total. The van der Waals surface area contributed by atoms with Gasteiger partial charge in [0.15, 0.2) is 0 Å². The molecule has 22 heavy (non-hydrogen) atoms. The van der Waals surface area contributed by atoms with Gasteiger partial charge in [-0.1, -0.05) is 6.08 Å². The number of piperazine rings is 1. The lowest BCUT2D eigenvalue weighted by atomic mass is 10.0. The number of rotatable bonds is 1. The molecule has 126 valence electrons. The molecule has 1 fully saturated rings. The van der Waals surface area contributed by atoms with Crippen LogP contribution in [0.4, 0.5) is 13.2 Å². The fraction of sp³-hybridized carbons (Fsp3) is 0.643. The maximum Gasteiger partial charge on any atom is 0.416 e. The van der Waals surface area contributed by atoms with Crippen LogP contribution in [0, 0.1) is 0 Å². The van der Waals surface area contributed by atoms with Gasteiger partial charge in [0, 0.05) is 37.9 Å². The van der Waals surface area contributed by atoms with Gasteiger partial charge in [-0.15, -0.1) is 0 Å². The second kappa shape index (κ2) is 7.15. The van der Waals surface area contributed by atoms with E-state index in [9.17, 15) is 18.0 Å². The van der Waals surface area contributed by atoms with E-state index in [2.05, 4.69) is 36.4 Å². The Balaban J connectivity index is 0.000000235. The van der Waals surface area contributed by atoms with Crippen LogP contribution in [0.1, 0.15) is 13.8 Å². The Hall–Kier alpha value is -1.54. The topological polar surface area (TPSA) is 70.4 Å². The smallest absolute Gasteiger partial charge is 0.387 e. The van der Waals surface area contributed by atoms with Crippen molar-refractivity contribution in [3.63, 3.8) is 0 Å². The molecule has 2 heterocycles. The van der Waals surface area contributed by atoms with Crippen molar-refractivity contribution in [2.75, 3.05) is 33.2 Å². The quantitative estimate of drug-likeness (QED) is 0.667. The standard InChI is InChI=1S/C7H7F3N2O.C7H16N2/c8-7(9,10)5-1-2-12-3-4(5)6(11)13;1-7(2)6-8-4-5-9(7)3/h1,3,12H,2H2,(H2,11,13);8H,4-6H2,1-3H3. The minimum absolute atomic E-state index is 0.0472. The van der Waals surface area contributed by atoms with Crippen molar-refractivity contribution in [2.24, 2.45) is 5.73 Å². The van der Waals surface area contributed by atoms with E-state index >= 15 is 0 Å². The zero-order valence-electron chi connectivity index (χ0n) is 13.0. The van der Waals surface area contributed by atoms with E-state index in [0.717, 1.165) is 25.4 Å². The molecule has 8 heteroatoms. The predicted octanol–water partition coefficient (Wildman–Crippen LogP) is 0.748. The number of alkyl halides is 3. The minimum Gasteiger partial charge on any atom is -0.387 e. The molecule has 0 spiro atoms. The Morgan fingerprint density at radius 2 is 2.05 bits per heavy atom. The first kappa shape index (κ1) is 18.5. The lowest BCUT2D eigenvalue weighted by Gasteiger charge is -2.40. The summed E-state index contributed by atoms with van der Waals surface area (Å²) in [5.74, 6) is -1.09. The molecule has 1 amide bonds. The average molecular weight is 320 g/mol. The SMILES string of the molecule is CN1CCNCC1(C)C.NC(=O)C1=CNCC=C1C(F)(F)F. The zero-order valence-corrected chi connectivity index (χ0v) is 13.0. The number of nitrogens with one attached hydrogen (secondary N) is 2. The van der Waals surface area contributed by atoms with Crippen LogP contribution in [0.2, 0.25) is 0 Å². The van der Waals surface area contributed by atoms with Crippen molar-refractivity contribution >= 4 is 5.91 Å². The zero-order chi connectivity index (χ0) is 17.0. The molecule has 0 aromatic heterocycles. The first-order chi connectivity index (χ1) is 10.1. The van der Waals surface area contributed by atoms with Crippen LogP contribution in [0.5, 0.6) is 0 Å². The van der Waals surface area contributed by atoms with Gasteiger partial charge < -0.3 is 16.4 Å². The van der Waals surface area contributed by atoms with Crippen LogP contribution >= 0.6 is 0 Å². The highest BCUT2D eigenvalue weighted by molar-refractivity contribution is 5.97. The first-order valence-electron chi connectivity index (χ1n) is 6.99. The van der Waals surface area contributed by atoms with Gasteiger partial charge in [-0.3, -0.25) is 9.69 Å². The molecule has 2 aliphatic rings. The van der Waals surface area contributed by atoms with E-state index < -0.39 is 23.2 Å². The maximum absolute atomic E-state index is 12.2. The highest BCUT2D eigenvalue weighted by Gasteiger charge is 2.38. The van der Waals surface area contributed by atoms with Crippen molar-refractivity contribution in [3.05, 3.63) is 23.4 Å². The Kier molecular flexibility index (Phi) is 6.01. The highest BCUT2D eigenvalue weighted by Crippen LogP contribution is 2.31. The molecule has 0 aromatic rings.